The van der Waals surface area contributed by atoms with Crippen molar-refractivity contribution in [3.05, 3.63) is 36.0 Å². The predicted molar refractivity (Wildman–Crippen MR) is 75.6 cm³/mol. The second kappa shape index (κ2) is 7.21. The highest BCUT2D eigenvalue weighted by Gasteiger charge is 2.12. The number of anilines is 1. The maximum atomic E-state index is 11.9. The first-order chi connectivity index (χ1) is 10.6. The number of aromatic nitrogens is 2. The van der Waals surface area contributed by atoms with Crippen molar-refractivity contribution in [1.82, 2.24) is 10.1 Å². The van der Waals surface area contributed by atoms with Gasteiger partial charge in [-0.05, 0) is 12.1 Å². The van der Waals surface area contributed by atoms with Crippen molar-refractivity contribution in [2.24, 2.45) is 0 Å². The van der Waals surface area contributed by atoms with Crippen LogP contribution in [0, 0.1) is 0 Å². The number of amides is 1. The Kier molecular flexibility index (Phi) is 5.07. The summed E-state index contributed by atoms with van der Waals surface area (Å²) >= 11 is 0. The molecule has 0 saturated heterocycles. The van der Waals surface area contributed by atoms with E-state index in [9.17, 15) is 9.59 Å². The van der Waals surface area contributed by atoms with E-state index in [0.29, 0.717) is 11.4 Å². The number of carboxylic acids is 1. The van der Waals surface area contributed by atoms with E-state index >= 15 is 0 Å². The Hall–Kier alpha value is -2.90. The van der Waals surface area contributed by atoms with Crippen molar-refractivity contribution >= 4 is 17.6 Å². The standard InChI is InChI=1S/C14H15N3O5/c1-21-10-4-2-3-9(7-10)15-12(18)8-11-16-13(22-17-11)5-6-14(19)20/h2-4,7H,5-6,8H2,1H3,(H,15,18)(H,19,20). The molecule has 0 unspecified atom stereocenters. The predicted octanol–water partition coefficient (Wildman–Crippen LogP) is 1.28. The molecular weight excluding hydrogens is 290 g/mol. The highest BCUT2D eigenvalue weighted by Crippen LogP contribution is 2.16. The first-order valence-electron chi connectivity index (χ1n) is 6.54. The number of benzene rings is 1. The van der Waals surface area contributed by atoms with Gasteiger partial charge in [0.15, 0.2) is 5.82 Å². The maximum absolute atomic E-state index is 11.9. The number of nitrogens with one attached hydrogen (secondary N) is 1. The zero-order chi connectivity index (χ0) is 15.9. The number of hydrogen-bond donors (Lipinski definition) is 2. The largest absolute Gasteiger partial charge is 0.497 e. The van der Waals surface area contributed by atoms with E-state index in [0.717, 1.165) is 0 Å². The number of nitrogens with zero attached hydrogens (tertiary/aromatic N) is 2. The van der Waals surface area contributed by atoms with Crippen LogP contribution in [0.25, 0.3) is 0 Å². The molecule has 0 bridgehead atoms. The Labute approximate surface area is 126 Å². The Morgan fingerprint density at radius 1 is 1.41 bits per heavy atom. The number of aryl methyl sites for hydroxylation is 1. The quantitative estimate of drug-likeness (QED) is 0.791. The highest BCUT2D eigenvalue weighted by molar-refractivity contribution is 5.91. The lowest BCUT2D eigenvalue weighted by atomic mass is 10.3. The lowest BCUT2D eigenvalue weighted by Gasteiger charge is -2.05. The Morgan fingerprint density at radius 2 is 2.23 bits per heavy atom. The van der Waals surface area contributed by atoms with Crippen molar-refractivity contribution in [2.75, 3.05) is 12.4 Å². The zero-order valence-corrected chi connectivity index (χ0v) is 11.9. The van der Waals surface area contributed by atoms with Crippen LogP contribution >= 0.6 is 0 Å². The second-order valence-corrected chi connectivity index (χ2v) is 4.45. The lowest BCUT2D eigenvalue weighted by molar-refractivity contribution is -0.137. The van der Waals surface area contributed by atoms with Gasteiger partial charge in [-0.3, -0.25) is 9.59 Å². The lowest BCUT2D eigenvalue weighted by Crippen LogP contribution is -2.15. The molecule has 0 aliphatic carbocycles. The summed E-state index contributed by atoms with van der Waals surface area (Å²) in [6.45, 7) is 0. The molecule has 2 rings (SSSR count). The molecule has 1 heterocycles. The van der Waals surface area contributed by atoms with Crippen LogP contribution in [0.15, 0.2) is 28.8 Å². The van der Waals surface area contributed by atoms with Gasteiger partial charge in [-0.2, -0.15) is 4.98 Å². The molecule has 1 amide bonds. The molecular formula is C14H15N3O5. The topological polar surface area (TPSA) is 115 Å². The van der Waals surface area contributed by atoms with Gasteiger partial charge in [0.05, 0.1) is 20.0 Å². The van der Waals surface area contributed by atoms with Crippen LogP contribution < -0.4 is 10.1 Å². The minimum Gasteiger partial charge on any atom is -0.497 e. The molecule has 2 aromatic rings. The monoisotopic (exact) mass is 305 g/mol. The third-order valence-corrected chi connectivity index (χ3v) is 2.74. The van der Waals surface area contributed by atoms with E-state index in [-0.39, 0.29) is 36.9 Å². The molecule has 1 aromatic carbocycles. The molecule has 0 fully saturated rings. The molecule has 0 spiro atoms. The Bertz CT molecular complexity index is 668. The van der Waals surface area contributed by atoms with Gasteiger partial charge in [0.25, 0.3) is 0 Å². The van der Waals surface area contributed by atoms with Crippen LogP contribution in [0.1, 0.15) is 18.1 Å². The van der Waals surface area contributed by atoms with Crippen molar-refractivity contribution < 1.29 is 24.0 Å². The molecule has 2 N–H and O–H groups in total. The van der Waals surface area contributed by atoms with Crippen LogP contribution in [0.2, 0.25) is 0 Å². The summed E-state index contributed by atoms with van der Waals surface area (Å²) in [5.41, 5.74) is 0.596. The molecule has 0 aliphatic heterocycles. The van der Waals surface area contributed by atoms with E-state index in [1.54, 1.807) is 31.4 Å². The summed E-state index contributed by atoms with van der Waals surface area (Å²) in [5, 5.41) is 14.9. The second-order valence-electron chi connectivity index (χ2n) is 4.45. The average Bonchev–Trinajstić information content (AvgIpc) is 2.92. The van der Waals surface area contributed by atoms with E-state index in [1.807, 2.05) is 0 Å². The molecule has 0 aliphatic rings. The van der Waals surface area contributed by atoms with Gasteiger partial charge in [0, 0.05) is 18.2 Å². The molecule has 8 heteroatoms. The number of carbonyl (C=O) groups is 2. The van der Waals surface area contributed by atoms with Crippen LogP contribution in [-0.2, 0) is 22.4 Å². The molecule has 116 valence electrons. The van der Waals surface area contributed by atoms with Gasteiger partial charge in [0.1, 0.15) is 5.75 Å². The van der Waals surface area contributed by atoms with E-state index in [2.05, 4.69) is 15.5 Å². The third-order valence-electron chi connectivity index (χ3n) is 2.74. The average molecular weight is 305 g/mol. The van der Waals surface area contributed by atoms with Crippen molar-refractivity contribution in [3.8, 4) is 5.75 Å². The summed E-state index contributed by atoms with van der Waals surface area (Å²) in [6.07, 6.45) is -0.0226. The summed E-state index contributed by atoms with van der Waals surface area (Å²) < 4.78 is 9.94. The summed E-state index contributed by atoms with van der Waals surface area (Å²) in [6, 6.07) is 6.94. The molecule has 8 nitrogen and oxygen atoms in total. The number of carboxylic acid groups (broad SMARTS) is 1. The minimum atomic E-state index is -0.949. The summed E-state index contributed by atoms with van der Waals surface area (Å²) in [7, 11) is 1.54. The number of carbonyl (C=O) groups excluding carboxylic acids is 1. The number of ether oxygens (including phenoxy) is 1. The number of methoxy groups -OCH3 is 1. The summed E-state index contributed by atoms with van der Waals surface area (Å²) in [5.74, 6) is -0.213. The van der Waals surface area contributed by atoms with E-state index < -0.39 is 5.97 Å². The number of hydrogen-bond acceptors (Lipinski definition) is 6. The van der Waals surface area contributed by atoms with E-state index in [4.69, 9.17) is 14.4 Å². The minimum absolute atomic E-state index is 0.0617. The molecule has 0 saturated carbocycles. The van der Waals surface area contributed by atoms with Gasteiger partial charge in [-0.25, -0.2) is 0 Å². The first kappa shape index (κ1) is 15.5. The molecule has 1 aromatic heterocycles. The van der Waals surface area contributed by atoms with Crippen LogP contribution in [0.5, 0.6) is 5.75 Å². The SMILES string of the molecule is COc1cccc(NC(=O)Cc2noc(CCC(=O)O)n2)c1. The number of rotatable bonds is 7. The van der Waals surface area contributed by atoms with Crippen LogP contribution in [-0.4, -0.2) is 34.2 Å². The van der Waals surface area contributed by atoms with Crippen molar-refractivity contribution in [1.29, 1.82) is 0 Å². The Morgan fingerprint density at radius 3 is 2.95 bits per heavy atom. The zero-order valence-electron chi connectivity index (χ0n) is 11.9. The Balaban J connectivity index is 1.90. The normalized spacial score (nSPS) is 10.2. The smallest absolute Gasteiger partial charge is 0.303 e. The third kappa shape index (κ3) is 4.58. The molecule has 0 atom stereocenters. The number of aliphatic carboxylic acids is 1. The molecule has 0 radical (unpaired) electrons. The van der Waals surface area contributed by atoms with Crippen LogP contribution in [0.3, 0.4) is 0 Å². The van der Waals surface area contributed by atoms with Gasteiger partial charge in [-0.1, -0.05) is 11.2 Å². The first-order valence-corrected chi connectivity index (χ1v) is 6.54. The van der Waals surface area contributed by atoms with Crippen LogP contribution in [0.4, 0.5) is 5.69 Å². The highest BCUT2D eigenvalue weighted by atomic mass is 16.5. The fourth-order valence-corrected chi connectivity index (χ4v) is 1.73. The fraction of sp³-hybridized carbons (Fsp3) is 0.286. The van der Waals surface area contributed by atoms with Gasteiger partial charge in [0.2, 0.25) is 11.8 Å². The molecule has 22 heavy (non-hydrogen) atoms. The van der Waals surface area contributed by atoms with Crippen molar-refractivity contribution in [3.63, 3.8) is 0 Å². The van der Waals surface area contributed by atoms with Gasteiger partial charge >= 0.3 is 5.97 Å². The van der Waals surface area contributed by atoms with Gasteiger partial charge < -0.3 is 19.7 Å². The summed E-state index contributed by atoms with van der Waals surface area (Å²) in [4.78, 5) is 26.3. The van der Waals surface area contributed by atoms with Gasteiger partial charge in [-0.15, -0.1) is 0 Å². The maximum Gasteiger partial charge on any atom is 0.303 e. The fourth-order valence-electron chi connectivity index (χ4n) is 1.73. The van der Waals surface area contributed by atoms with Crippen molar-refractivity contribution in [2.45, 2.75) is 19.3 Å². The van der Waals surface area contributed by atoms with E-state index in [1.165, 1.54) is 0 Å².